The fraction of sp³-hybridized carbons (Fsp3) is 0.200. The Morgan fingerprint density at radius 3 is 3.07 bits per heavy atom. The normalized spacial score (nSPS) is 10.2. The number of hydrogen-bond acceptors (Lipinski definition) is 2. The molecular weight excluding hydrogens is 195 g/mol. The number of rotatable bonds is 4. The van der Waals surface area contributed by atoms with E-state index in [1.807, 2.05) is 0 Å². The average molecular weight is 206 g/mol. The van der Waals surface area contributed by atoms with Gasteiger partial charge in [0.05, 0.1) is 0 Å². The molecule has 0 aliphatic rings. The van der Waals surface area contributed by atoms with Gasteiger partial charge in [-0.05, 0) is 30.2 Å². The molecule has 2 N–H and O–H groups in total. The fourth-order valence-corrected chi connectivity index (χ4v) is 1.08. The van der Waals surface area contributed by atoms with Crippen LogP contribution in [0.1, 0.15) is 12.0 Å². The maximum absolute atomic E-state index is 13.2. The minimum absolute atomic E-state index is 0.316. The molecule has 0 saturated heterocycles. The number of anilines is 1. The first kappa shape index (κ1) is 11.1. The van der Waals surface area contributed by atoms with Crippen LogP contribution in [0.4, 0.5) is 10.1 Å². The minimum Gasteiger partial charge on any atom is -0.399 e. The molecule has 1 aromatic rings. The Balaban J connectivity index is 2.63. The van der Waals surface area contributed by atoms with Crippen molar-refractivity contribution in [3.63, 3.8) is 0 Å². The largest absolute Gasteiger partial charge is 0.399 e. The second-order valence-corrected chi connectivity index (χ2v) is 2.93. The second-order valence-electron chi connectivity index (χ2n) is 2.93. The van der Waals surface area contributed by atoms with Crippen LogP contribution in [0.15, 0.2) is 29.4 Å². The summed E-state index contributed by atoms with van der Waals surface area (Å²) in [6.45, 7) is 0.372. The molecule has 0 aliphatic heterocycles. The van der Waals surface area contributed by atoms with E-state index in [9.17, 15) is 4.39 Å². The minimum atomic E-state index is -0.316. The number of nitrogens with two attached hydrogens (primary N) is 1. The maximum Gasteiger partial charge on any atom is 0.130 e. The van der Waals surface area contributed by atoms with Crippen molar-refractivity contribution in [2.45, 2.75) is 6.42 Å². The van der Waals surface area contributed by atoms with Crippen molar-refractivity contribution in [1.29, 1.82) is 0 Å². The zero-order valence-electron chi connectivity index (χ0n) is 8.10. The Hall–Kier alpha value is -2.00. The molecule has 4 nitrogen and oxygen atoms in total. The molecule has 0 fully saturated rings. The predicted molar refractivity (Wildman–Crippen MR) is 58.5 cm³/mol. The Morgan fingerprint density at radius 1 is 1.53 bits per heavy atom. The van der Waals surface area contributed by atoms with Crippen LogP contribution in [0.5, 0.6) is 0 Å². The topological polar surface area (TPSA) is 74.8 Å². The molecule has 1 aromatic carbocycles. The third kappa shape index (κ3) is 3.70. The molecule has 78 valence electrons. The number of nitrogens with zero attached hydrogens (tertiary/aromatic N) is 3. The highest BCUT2D eigenvalue weighted by molar-refractivity contribution is 5.56. The first-order valence-electron chi connectivity index (χ1n) is 4.46. The average Bonchev–Trinajstić information content (AvgIpc) is 2.23. The molecule has 0 amide bonds. The fourth-order valence-electron chi connectivity index (χ4n) is 1.08. The van der Waals surface area contributed by atoms with Crippen molar-refractivity contribution >= 4 is 11.8 Å². The zero-order valence-corrected chi connectivity index (χ0v) is 8.10. The van der Waals surface area contributed by atoms with Crippen LogP contribution in [0.25, 0.3) is 16.5 Å². The summed E-state index contributed by atoms with van der Waals surface area (Å²) in [5, 5.41) is 3.35. The molecule has 0 saturated carbocycles. The van der Waals surface area contributed by atoms with Gasteiger partial charge in [-0.3, -0.25) is 0 Å². The van der Waals surface area contributed by atoms with Crippen molar-refractivity contribution in [3.8, 4) is 0 Å². The lowest BCUT2D eigenvalue weighted by Gasteiger charge is -1.98. The van der Waals surface area contributed by atoms with Crippen LogP contribution in [-0.4, -0.2) is 6.54 Å². The quantitative estimate of drug-likeness (QED) is 0.265. The van der Waals surface area contributed by atoms with E-state index in [0.717, 1.165) is 0 Å². The summed E-state index contributed by atoms with van der Waals surface area (Å²) in [6, 6.07) is 4.38. The van der Waals surface area contributed by atoms with E-state index in [0.29, 0.717) is 24.2 Å². The van der Waals surface area contributed by atoms with Crippen LogP contribution in [0, 0.1) is 5.82 Å². The van der Waals surface area contributed by atoms with Gasteiger partial charge in [0.15, 0.2) is 0 Å². The van der Waals surface area contributed by atoms with Gasteiger partial charge in [-0.2, -0.15) is 0 Å². The maximum atomic E-state index is 13.2. The molecule has 5 heteroatoms. The highest BCUT2D eigenvalue weighted by Gasteiger charge is 1.97. The molecule has 0 heterocycles. The van der Waals surface area contributed by atoms with Gasteiger partial charge in [-0.1, -0.05) is 17.3 Å². The molecular formula is C10H11FN4. The van der Waals surface area contributed by atoms with Gasteiger partial charge in [0.25, 0.3) is 0 Å². The van der Waals surface area contributed by atoms with Gasteiger partial charge >= 0.3 is 0 Å². The van der Waals surface area contributed by atoms with E-state index in [4.69, 9.17) is 11.3 Å². The first-order valence-corrected chi connectivity index (χ1v) is 4.46. The summed E-state index contributed by atoms with van der Waals surface area (Å²) < 4.78 is 13.2. The number of nitrogen functional groups attached to an aromatic ring is 1. The molecule has 1 rings (SSSR count). The van der Waals surface area contributed by atoms with Crippen molar-refractivity contribution in [1.82, 2.24) is 0 Å². The standard InChI is InChI=1S/C10H11FN4/c11-10-5-4-9(12)7-8(10)3-1-2-6-14-15-13/h1,3-5,7H,2,6,12H2. The molecule has 0 unspecified atom stereocenters. The van der Waals surface area contributed by atoms with Crippen LogP contribution in [-0.2, 0) is 0 Å². The van der Waals surface area contributed by atoms with Crippen LogP contribution < -0.4 is 5.73 Å². The summed E-state index contributed by atoms with van der Waals surface area (Å²) >= 11 is 0. The van der Waals surface area contributed by atoms with E-state index in [1.165, 1.54) is 12.1 Å². The summed E-state index contributed by atoms with van der Waals surface area (Å²) in [5.74, 6) is -0.316. The van der Waals surface area contributed by atoms with E-state index in [1.54, 1.807) is 18.2 Å². The van der Waals surface area contributed by atoms with Gasteiger partial charge in [-0.15, -0.1) is 0 Å². The van der Waals surface area contributed by atoms with Crippen molar-refractivity contribution in [2.24, 2.45) is 5.11 Å². The van der Waals surface area contributed by atoms with E-state index >= 15 is 0 Å². The van der Waals surface area contributed by atoms with Gasteiger partial charge in [0.1, 0.15) is 5.82 Å². The highest BCUT2D eigenvalue weighted by atomic mass is 19.1. The highest BCUT2D eigenvalue weighted by Crippen LogP contribution is 2.13. The van der Waals surface area contributed by atoms with E-state index in [2.05, 4.69) is 10.0 Å². The summed E-state index contributed by atoms with van der Waals surface area (Å²) in [7, 11) is 0. The molecule has 0 aromatic heterocycles. The summed E-state index contributed by atoms with van der Waals surface area (Å²) in [5.41, 5.74) is 14.5. The zero-order chi connectivity index (χ0) is 11.1. The van der Waals surface area contributed by atoms with Gasteiger partial charge in [0, 0.05) is 22.7 Å². The van der Waals surface area contributed by atoms with E-state index in [-0.39, 0.29) is 5.82 Å². The third-order valence-corrected chi connectivity index (χ3v) is 1.78. The van der Waals surface area contributed by atoms with Crippen LogP contribution in [0.2, 0.25) is 0 Å². The van der Waals surface area contributed by atoms with Crippen molar-refractivity contribution < 1.29 is 4.39 Å². The molecule has 0 radical (unpaired) electrons. The predicted octanol–water partition coefficient (Wildman–Crippen LogP) is 3.12. The van der Waals surface area contributed by atoms with Gasteiger partial charge in [-0.25, -0.2) is 4.39 Å². The molecule has 0 aliphatic carbocycles. The molecule has 0 spiro atoms. The van der Waals surface area contributed by atoms with Gasteiger partial charge < -0.3 is 5.73 Å². The lowest BCUT2D eigenvalue weighted by molar-refractivity contribution is 0.625. The van der Waals surface area contributed by atoms with E-state index < -0.39 is 0 Å². The lowest BCUT2D eigenvalue weighted by atomic mass is 10.1. The smallest absolute Gasteiger partial charge is 0.130 e. The monoisotopic (exact) mass is 206 g/mol. The summed E-state index contributed by atoms with van der Waals surface area (Å²) in [4.78, 5) is 2.61. The molecule has 0 bridgehead atoms. The number of benzene rings is 1. The van der Waals surface area contributed by atoms with Gasteiger partial charge in [0.2, 0.25) is 0 Å². The Bertz CT molecular complexity index is 408. The van der Waals surface area contributed by atoms with Crippen LogP contribution in [0.3, 0.4) is 0 Å². The summed E-state index contributed by atoms with van der Waals surface area (Å²) in [6.07, 6.45) is 3.95. The van der Waals surface area contributed by atoms with Crippen LogP contribution >= 0.6 is 0 Å². The number of hydrogen-bond donors (Lipinski definition) is 1. The van der Waals surface area contributed by atoms with Crippen molar-refractivity contribution in [3.05, 3.63) is 46.1 Å². The Kier molecular flexibility index (Phi) is 4.19. The number of halogens is 1. The first-order chi connectivity index (χ1) is 7.24. The Morgan fingerprint density at radius 2 is 2.33 bits per heavy atom. The lowest BCUT2D eigenvalue weighted by Crippen LogP contribution is -1.88. The molecule has 15 heavy (non-hydrogen) atoms. The Labute approximate surface area is 86.8 Å². The second kappa shape index (κ2) is 5.67. The SMILES string of the molecule is [N-]=[N+]=NCCC=Cc1cc(N)ccc1F. The molecule has 0 atom stereocenters. The number of azide groups is 1. The third-order valence-electron chi connectivity index (χ3n) is 1.78. The van der Waals surface area contributed by atoms with Crippen molar-refractivity contribution in [2.75, 3.05) is 12.3 Å².